The molecule has 3 aromatic rings. The Hall–Kier alpha value is -2.12. The second-order valence-corrected chi connectivity index (χ2v) is 6.72. The molecule has 1 amide bonds. The van der Waals surface area contributed by atoms with Crippen LogP contribution in [0.25, 0.3) is 0 Å². The first kappa shape index (κ1) is 14.8. The quantitative estimate of drug-likeness (QED) is 0.700. The van der Waals surface area contributed by atoms with Gasteiger partial charge in [0.1, 0.15) is 0 Å². The van der Waals surface area contributed by atoms with Gasteiger partial charge in [-0.15, -0.1) is 23.1 Å². The Morgan fingerprint density at radius 2 is 2.18 bits per heavy atom. The third kappa shape index (κ3) is 3.75. The van der Waals surface area contributed by atoms with Crippen molar-refractivity contribution in [3.8, 4) is 0 Å². The van der Waals surface area contributed by atoms with E-state index in [9.17, 15) is 4.79 Å². The normalized spacial score (nSPS) is 10.6. The Kier molecular flexibility index (Phi) is 4.55. The largest absolute Gasteiger partial charge is 0.319 e. The van der Waals surface area contributed by atoms with E-state index in [0.29, 0.717) is 11.3 Å². The molecule has 7 heteroatoms. The molecule has 0 unspecified atom stereocenters. The SMILES string of the molecule is Cc1nc(CSc2ccc(C(=O)Nc3cn[nH]c3)cc2)cs1. The van der Waals surface area contributed by atoms with E-state index in [4.69, 9.17) is 0 Å². The lowest BCUT2D eigenvalue weighted by Gasteiger charge is -2.04. The van der Waals surface area contributed by atoms with Gasteiger partial charge in [0.2, 0.25) is 0 Å². The van der Waals surface area contributed by atoms with E-state index in [0.717, 1.165) is 21.3 Å². The zero-order valence-electron chi connectivity index (χ0n) is 11.9. The summed E-state index contributed by atoms with van der Waals surface area (Å²) in [4.78, 5) is 17.6. The molecule has 0 saturated heterocycles. The second kappa shape index (κ2) is 6.76. The number of aryl methyl sites for hydroxylation is 1. The predicted octanol–water partition coefficient (Wildman–Crippen LogP) is 3.72. The Bertz CT molecular complexity index is 750. The maximum atomic E-state index is 12.0. The summed E-state index contributed by atoms with van der Waals surface area (Å²) in [6.45, 7) is 2.01. The zero-order valence-corrected chi connectivity index (χ0v) is 13.5. The summed E-state index contributed by atoms with van der Waals surface area (Å²) in [5.74, 6) is 0.693. The fraction of sp³-hybridized carbons (Fsp3) is 0.133. The van der Waals surface area contributed by atoms with Crippen molar-refractivity contribution in [3.63, 3.8) is 0 Å². The molecule has 2 aromatic heterocycles. The lowest BCUT2D eigenvalue weighted by Crippen LogP contribution is -2.11. The number of anilines is 1. The Morgan fingerprint density at radius 3 is 2.82 bits per heavy atom. The topological polar surface area (TPSA) is 70.7 Å². The Balaban J connectivity index is 1.58. The number of nitrogens with one attached hydrogen (secondary N) is 2. The fourth-order valence-corrected chi connectivity index (χ4v) is 3.37. The summed E-state index contributed by atoms with van der Waals surface area (Å²) in [5.41, 5.74) is 2.37. The van der Waals surface area contributed by atoms with E-state index in [1.165, 1.54) is 0 Å². The third-order valence-electron chi connectivity index (χ3n) is 2.93. The number of thiazole rings is 1. The number of carbonyl (C=O) groups is 1. The summed E-state index contributed by atoms with van der Waals surface area (Å²) in [6.07, 6.45) is 3.20. The van der Waals surface area contributed by atoms with E-state index in [1.807, 2.05) is 31.2 Å². The number of hydrogen-bond donors (Lipinski definition) is 2. The minimum atomic E-state index is -0.145. The molecular weight excluding hydrogens is 316 g/mol. The standard InChI is InChI=1S/C15H14N4OS2/c1-10-18-13(8-21-10)9-22-14-4-2-11(3-5-14)15(20)19-12-6-16-17-7-12/h2-8H,9H2,1H3,(H,16,17)(H,19,20). The molecule has 0 aliphatic carbocycles. The van der Waals surface area contributed by atoms with Crippen LogP contribution in [0.15, 0.2) is 46.9 Å². The van der Waals surface area contributed by atoms with E-state index in [-0.39, 0.29) is 5.91 Å². The van der Waals surface area contributed by atoms with E-state index in [1.54, 1.807) is 35.5 Å². The van der Waals surface area contributed by atoms with Crippen LogP contribution in [-0.4, -0.2) is 21.1 Å². The smallest absolute Gasteiger partial charge is 0.255 e. The van der Waals surface area contributed by atoms with Gasteiger partial charge in [-0.05, 0) is 31.2 Å². The molecule has 5 nitrogen and oxygen atoms in total. The number of aromatic nitrogens is 3. The van der Waals surface area contributed by atoms with Crippen molar-refractivity contribution in [1.82, 2.24) is 15.2 Å². The molecule has 3 rings (SSSR count). The first-order valence-electron chi connectivity index (χ1n) is 6.65. The Labute approximate surface area is 136 Å². The van der Waals surface area contributed by atoms with Gasteiger partial charge in [-0.25, -0.2) is 4.98 Å². The molecule has 0 spiro atoms. The number of rotatable bonds is 5. The van der Waals surface area contributed by atoms with Gasteiger partial charge in [-0.1, -0.05) is 0 Å². The number of aromatic amines is 1. The number of amides is 1. The molecule has 0 atom stereocenters. The average molecular weight is 330 g/mol. The molecule has 0 saturated carbocycles. The molecule has 0 fully saturated rings. The molecule has 1 aromatic carbocycles. The maximum Gasteiger partial charge on any atom is 0.255 e. The van der Waals surface area contributed by atoms with Gasteiger partial charge in [0, 0.05) is 27.8 Å². The van der Waals surface area contributed by atoms with Crippen molar-refractivity contribution >= 4 is 34.7 Å². The average Bonchev–Trinajstić information content (AvgIpc) is 3.17. The number of H-pyrrole nitrogens is 1. The van der Waals surface area contributed by atoms with Crippen LogP contribution in [0.5, 0.6) is 0 Å². The van der Waals surface area contributed by atoms with E-state index < -0.39 is 0 Å². The summed E-state index contributed by atoms with van der Waals surface area (Å²) < 4.78 is 0. The highest BCUT2D eigenvalue weighted by atomic mass is 32.2. The van der Waals surface area contributed by atoms with Crippen LogP contribution in [0.2, 0.25) is 0 Å². The van der Waals surface area contributed by atoms with Crippen molar-refractivity contribution in [1.29, 1.82) is 0 Å². The van der Waals surface area contributed by atoms with Crippen LogP contribution < -0.4 is 5.32 Å². The predicted molar refractivity (Wildman–Crippen MR) is 89.4 cm³/mol. The summed E-state index contributed by atoms with van der Waals surface area (Å²) in [7, 11) is 0. The van der Waals surface area contributed by atoms with Crippen LogP contribution in [0.4, 0.5) is 5.69 Å². The van der Waals surface area contributed by atoms with Crippen LogP contribution >= 0.6 is 23.1 Å². The highest BCUT2D eigenvalue weighted by molar-refractivity contribution is 7.98. The molecule has 0 bridgehead atoms. The molecule has 22 heavy (non-hydrogen) atoms. The van der Waals surface area contributed by atoms with Crippen LogP contribution in [0.3, 0.4) is 0 Å². The van der Waals surface area contributed by atoms with Gasteiger partial charge in [0.25, 0.3) is 5.91 Å². The number of nitrogens with zero attached hydrogens (tertiary/aromatic N) is 2. The van der Waals surface area contributed by atoms with Crippen molar-refractivity contribution < 1.29 is 4.79 Å². The van der Waals surface area contributed by atoms with Gasteiger partial charge in [0.15, 0.2) is 0 Å². The summed E-state index contributed by atoms with van der Waals surface area (Å²) in [6, 6.07) is 7.55. The minimum Gasteiger partial charge on any atom is -0.319 e. The highest BCUT2D eigenvalue weighted by Gasteiger charge is 2.07. The molecule has 2 heterocycles. The number of carbonyl (C=O) groups excluding carboxylic acids is 1. The molecular formula is C15H14N4OS2. The van der Waals surface area contributed by atoms with Crippen molar-refractivity contribution in [3.05, 3.63) is 58.3 Å². The molecule has 0 aliphatic rings. The van der Waals surface area contributed by atoms with E-state index >= 15 is 0 Å². The van der Waals surface area contributed by atoms with Gasteiger partial charge in [-0.2, -0.15) is 5.10 Å². The lowest BCUT2D eigenvalue weighted by atomic mass is 10.2. The van der Waals surface area contributed by atoms with Crippen LogP contribution in [-0.2, 0) is 5.75 Å². The fourth-order valence-electron chi connectivity index (χ4n) is 1.86. The molecule has 0 aliphatic heterocycles. The summed E-state index contributed by atoms with van der Waals surface area (Å²) >= 11 is 3.37. The van der Waals surface area contributed by atoms with Crippen LogP contribution in [0.1, 0.15) is 21.1 Å². The van der Waals surface area contributed by atoms with Gasteiger partial charge >= 0.3 is 0 Å². The van der Waals surface area contributed by atoms with Gasteiger partial charge in [-0.3, -0.25) is 9.89 Å². The van der Waals surface area contributed by atoms with Crippen molar-refractivity contribution in [2.45, 2.75) is 17.6 Å². The minimum absolute atomic E-state index is 0.145. The number of hydrogen-bond acceptors (Lipinski definition) is 5. The van der Waals surface area contributed by atoms with Crippen LogP contribution in [0, 0.1) is 6.92 Å². The van der Waals surface area contributed by atoms with Crippen molar-refractivity contribution in [2.24, 2.45) is 0 Å². The van der Waals surface area contributed by atoms with E-state index in [2.05, 4.69) is 25.9 Å². The highest BCUT2D eigenvalue weighted by Crippen LogP contribution is 2.24. The monoisotopic (exact) mass is 330 g/mol. The van der Waals surface area contributed by atoms with Gasteiger partial charge in [0.05, 0.1) is 22.6 Å². The van der Waals surface area contributed by atoms with Gasteiger partial charge < -0.3 is 5.32 Å². The maximum absolute atomic E-state index is 12.0. The third-order valence-corrected chi connectivity index (χ3v) is 4.79. The first-order valence-corrected chi connectivity index (χ1v) is 8.51. The summed E-state index contributed by atoms with van der Waals surface area (Å²) in [5, 5.41) is 12.4. The molecule has 0 radical (unpaired) electrons. The Morgan fingerprint density at radius 1 is 1.36 bits per heavy atom. The molecule has 2 N–H and O–H groups in total. The van der Waals surface area contributed by atoms with Crippen molar-refractivity contribution in [2.75, 3.05) is 5.32 Å². The second-order valence-electron chi connectivity index (χ2n) is 4.61. The first-order chi connectivity index (χ1) is 10.7. The number of thioether (sulfide) groups is 1. The number of benzene rings is 1. The lowest BCUT2D eigenvalue weighted by molar-refractivity contribution is 0.102. The zero-order chi connectivity index (χ0) is 15.4. The molecule has 112 valence electrons.